The first-order chi connectivity index (χ1) is 15.4. The van der Waals surface area contributed by atoms with Crippen molar-refractivity contribution in [3.63, 3.8) is 0 Å². The SMILES string of the molecule is O=C(Nc1ccc(S(=O)O)cc1)[C@@H]1C[C@@H](C2CCCCC2)CN1C(=O)c1ccc(F)cc1. The van der Waals surface area contributed by atoms with Gasteiger partial charge in [-0.2, -0.15) is 0 Å². The first-order valence-corrected chi connectivity index (χ1v) is 12.1. The smallest absolute Gasteiger partial charge is 0.254 e. The van der Waals surface area contributed by atoms with Crippen molar-refractivity contribution in [2.24, 2.45) is 11.8 Å². The van der Waals surface area contributed by atoms with E-state index >= 15 is 0 Å². The van der Waals surface area contributed by atoms with Crippen LogP contribution in [-0.2, 0) is 15.9 Å². The molecule has 2 aliphatic rings. The summed E-state index contributed by atoms with van der Waals surface area (Å²) in [7, 11) is 0. The van der Waals surface area contributed by atoms with Crippen LogP contribution < -0.4 is 5.32 Å². The number of carbonyl (C=O) groups excluding carboxylic acids is 2. The monoisotopic (exact) mass is 458 g/mol. The van der Waals surface area contributed by atoms with Crippen molar-refractivity contribution >= 4 is 28.6 Å². The molecule has 4 rings (SSSR count). The molecule has 1 aliphatic carbocycles. The van der Waals surface area contributed by atoms with Crippen LogP contribution in [0.2, 0.25) is 0 Å². The van der Waals surface area contributed by atoms with Crippen LogP contribution in [-0.4, -0.2) is 38.1 Å². The molecule has 0 spiro atoms. The number of likely N-dealkylation sites (tertiary alicyclic amines) is 1. The minimum absolute atomic E-state index is 0.245. The molecule has 0 aromatic heterocycles. The van der Waals surface area contributed by atoms with Crippen LogP contribution in [0.15, 0.2) is 53.4 Å². The van der Waals surface area contributed by atoms with E-state index in [4.69, 9.17) is 4.55 Å². The van der Waals surface area contributed by atoms with Gasteiger partial charge in [-0.05, 0) is 66.8 Å². The Hall–Kier alpha value is -2.58. The van der Waals surface area contributed by atoms with Crippen molar-refractivity contribution in [2.75, 3.05) is 11.9 Å². The zero-order valence-electron chi connectivity index (χ0n) is 17.7. The number of benzene rings is 2. The molecule has 8 heteroatoms. The fraction of sp³-hybridized carbons (Fsp3) is 0.417. The average Bonchev–Trinajstić information content (AvgIpc) is 3.26. The van der Waals surface area contributed by atoms with Crippen LogP contribution in [0.25, 0.3) is 0 Å². The number of amides is 2. The van der Waals surface area contributed by atoms with E-state index in [0.29, 0.717) is 30.1 Å². The van der Waals surface area contributed by atoms with E-state index in [1.54, 1.807) is 17.0 Å². The number of nitrogens with one attached hydrogen (secondary N) is 1. The lowest BCUT2D eigenvalue weighted by atomic mass is 9.79. The van der Waals surface area contributed by atoms with Gasteiger partial charge >= 0.3 is 0 Å². The molecule has 1 saturated carbocycles. The number of rotatable bonds is 5. The topological polar surface area (TPSA) is 86.7 Å². The molecular formula is C24H27FN2O4S. The lowest BCUT2D eigenvalue weighted by Gasteiger charge is -2.27. The van der Waals surface area contributed by atoms with Crippen molar-refractivity contribution in [1.29, 1.82) is 0 Å². The van der Waals surface area contributed by atoms with Crippen LogP contribution in [0.5, 0.6) is 0 Å². The molecule has 6 nitrogen and oxygen atoms in total. The second kappa shape index (κ2) is 9.92. The van der Waals surface area contributed by atoms with Crippen molar-refractivity contribution in [3.05, 3.63) is 59.9 Å². The van der Waals surface area contributed by atoms with Gasteiger partial charge in [-0.1, -0.05) is 32.1 Å². The summed E-state index contributed by atoms with van der Waals surface area (Å²) in [5.74, 6) is -0.200. The standard InChI is InChI=1S/C24H27FN2O4S/c25-19-8-6-17(7-9-19)24(29)27-15-18(16-4-2-1-3-5-16)14-22(27)23(28)26-20-10-12-21(13-11-20)32(30)31/h6-13,16,18,22H,1-5,14-15H2,(H,26,28)(H,30,31)/t18-,22+/m1/s1. The fourth-order valence-corrected chi connectivity index (χ4v) is 5.30. The Bertz CT molecular complexity index is 990. The molecule has 170 valence electrons. The van der Waals surface area contributed by atoms with Gasteiger partial charge in [-0.25, -0.2) is 8.60 Å². The number of nitrogens with zero attached hydrogens (tertiary/aromatic N) is 1. The van der Waals surface area contributed by atoms with Gasteiger partial charge in [0.15, 0.2) is 11.1 Å². The molecule has 1 unspecified atom stereocenters. The zero-order valence-corrected chi connectivity index (χ0v) is 18.5. The highest BCUT2D eigenvalue weighted by Crippen LogP contribution is 2.38. The lowest BCUT2D eigenvalue weighted by molar-refractivity contribution is -0.119. The molecule has 3 atom stereocenters. The van der Waals surface area contributed by atoms with Crippen molar-refractivity contribution < 1.29 is 22.7 Å². The van der Waals surface area contributed by atoms with Gasteiger partial charge in [-0.3, -0.25) is 9.59 Å². The summed E-state index contributed by atoms with van der Waals surface area (Å²) in [4.78, 5) is 28.3. The Kier molecular flexibility index (Phi) is 7.01. The predicted octanol–water partition coefficient (Wildman–Crippen LogP) is 4.46. The van der Waals surface area contributed by atoms with E-state index < -0.39 is 22.9 Å². The molecule has 2 amide bonds. The second-order valence-corrected chi connectivity index (χ2v) is 9.61. The molecule has 2 aromatic carbocycles. The number of halogens is 1. The third kappa shape index (κ3) is 5.07. The van der Waals surface area contributed by atoms with E-state index in [2.05, 4.69) is 5.32 Å². The number of carbonyl (C=O) groups is 2. The molecule has 2 fully saturated rings. The largest absolute Gasteiger partial charge is 0.326 e. The molecular weight excluding hydrogens is 431 g/mol. The van der Waals surface area contributed by atoms with E-state index in [9.17, 15) is 18.2 Å². The third-order valence-electron chi connectivity index (χ3n) is 6.63. The van der Waals surface area contributed by atoms with Crippen LogP contribution in [0.1, 0.15) is 48.9 Å². The normalized spacial score (nSPS) is 22.5. The van der Waals surface area contributed by atoms with Crippen molar-refractivity contribution in [1.82, 2.24) is 4.90 Å². The minimum atomic E-state index is -2.09. The Morgan fingerprint density at radius 2 is 1.62 bits per heavy atom. The molecule has 32 heavy (non-hydrogen) atoms. The maximum absolute atomic E-state index is 13.3. The Morgan fingerprint density at radius 3 is 2.25 bits per heavy atom. The second-order valence-electron chi connectivity index (χ2n) is 8.64. The first kappa shape index (κ1) is 22.6. The Labute approximate surface area is 189 Å². The number of hydrogen-bond donors (Lipinski definition) is 2. The lowest BCUT2D eigenvalue weighted by Crippen LogP contribution is -2.43. The molecule has 0 radical (unpaired) electrons. The molecule has 1 heterocycles. The van der Waals surface area contributed by atoms with Crippen molar-refractivity contribution in [2.45, 2.75) is 49.5 Å². The van der Waals surface area contributed by atoms with Crippen LogP contribution in [0.3, 0.4) is 0 Å². The van der Waals surface area contributed by atoms with Gasteiger partial charge in [0.1, 0.15) is 11.9 Å². The van der Waals surface area contributed by atoms with E-state index in [-0.39, 0.29) is 22.6 Å². The molecule has 0 bridgehead atoms. The van der Waals surface area contributed by atoms with E-state index in [1.165, 1.54) is 55.7 Å². The van der Waals surface area contributed by atoms with Crippen molar-refractivity contribution in [3.8, 4) is 0 Å². The highest BCUT2D eigenvalue weighted by molar-refractivity contribution is 7.79. The summed E-state index contributed by atoms with van der Waals surface area (Å²) in [6.45, 7) is 0.515. The molecule has 1 saturated heterocycles. The quantitative estimate of drug-likeness (QED) is 0.648. The summed E-state index contributed by atoms with van der Waals surface area (Å²) < 4.78 is 33.7. The fourth-order valence-electron chi connectivity index (χ4n) is 4.93. The zero-order chi connectivity index (χ0) is 22.7. The molecule has 1 aliphatic heterocycles. The minimum Gasteiger partial charge on any atom is -0.326 e. The third-order valence-corrected chi connectivity index (χ3v) is 7.30. The van der Waals surface area contributed by atoms with Crippen LogP contribution >= 0.6 is 0 Å². The molecule has 2 N–H and O–H groups in total. The van der Waals surface area contributed by atoms with Gasteiger partial charge in [0.2, 0.25) is 5.91 Å². The van der Waals surface area contributed by atoms with Crippen LogP contribution in [0, 0.1) is 17.7 Å². The number of anilines is 1. The summed E-state index contributed by atoms with van der Waals surface area (Å²) in [5, 5.41) is 2.85. The van der Waals surface area contributed by atoms with Gasteiger partial charge in [-0.15, -0.1) is 0 Å². The maximum atomic E-state index is 13.3. The summed E-state index contributed by atoms with van der Waals surface area (Å²) in [5.41, 5.74) is 0.864. The summed E-state index contributed by atoms with van der Waals surface area (Å²) in [6, 6.07) is 10.9. The maximum Gasteiger partial charge on any atom is 0.254 e. The predicted molar refractivity (Wildman–Crippen MR) is 120 cm³/mol. The van der Waals surface area contributed by atoms with Gasteiger partial charge in [0.25, 0.3) is 5.91 Å². The average molecular weight is 459 g/mol. The first-order valence-electron chi connectivity index (χ1n) is 11.0. The number of hydrogen-bond acceptors (Lipinski definition) is 3. The van der Waals surface area contributed by atoms with Gasteiger partial charge in [0, 0.05) is 17.8 Å². The van der Waals surface area contributed by atoms with Gasteiger partial charge in [0.05, 0.1) is 4.90 Å². The Morgan fingerprint density at radius 1 is 0.969 bits per heavy atom. The highest BCUT2D eigenvalue weighted by Gasteiger charge is 2.42. The van der Waals surface area contributed by atoms with E-state index in [0.717, 1.165) is 12.8 Å². The van der Waals surface area contributed by atoms with Crippen LogP contribution in [0.4, 0.5) is 10.1 Å². The Balaban J connectivity index is 1.53. The van der Waals surface area contributed by atoms with Gasteiger partial charge < -0.3 is 14.8 Å². The molecule has 2 aromatic rings. The van der Waals surface area contributed by atoms with E-state index in [1.807, 2.05) is 0 Å². The summed E-state index contributed by atoms with van der Waals surface area (Å²) in [6.07, 6.45) is 6.45. The summed E-state index contributed by atoms with van der Waals surface area (Å²) >= 11 is -2.09. The highest BCUT2D eigenvalue weighted by atomic mass is 32.2.